The number of carbonyl (C=O) groups excluding carboxylic acids is 1. The van der Waals surface area contributed by atoms with Crippen molar-refractivity contribution < 1.29 is 9.53 Å². The molecule has 2 aromatic heterocycles. The van der Waals surface area contributed by atoms with Gasteiger partial charge in [0, 0.05) is 0 Å². The van der Waals surface area contributed by atoms with E-state index in [1.807, 2.05) is 6.92 Å². The van der Waals surface area contributed by atoms with Crippen LogP contribution in [0.5, 0.6) is 0 Å². The molecule has 2 aromatic rings. The maximum atomic E-state index is 11.2. The molecule has 0 amide bonds. The third-order valence-corrected chi connectivity index (χ3v) is 1.93. The molecule has 0 radical (unpaired) electrons. The summed E-state index contributed by atoms with van der Waals surface area (Å²) in [4.78, 5) is 15.3. The van der Waals surface area contributed by atoms with Gasteiger partial charge in [-0.05, 0) is 0 Å². The summed E-state index contributed by atoms with van der Waals surface area (Å²) in [5, 5.41) is 4.05. The fourth-order valence-corrected chi connectivity index (χ4v) is 1.28. The number of aryl methyl sites for hydroxylation is 1. The van der Waals surface area contributed by atoms with E-state index in [4.69, 9.17) is 0 Å². The number of nitrogens with zero attached hydrogens (tertiary/aromatic N) is 3. The first-order valence-corrected chi connectivity index (χ1v) is 4.12. The Balaban J connectivity index is 2.64. The molecule has 0 aliphatic carbocycles. The average molecular weight is 189 g/mol. The Kier molecular flexibility index (Phi) is 2.03. The Morgan fingerprint density at radius 1 is 1.64 bits per heavy atom. The number of esters is 1. The van der Waals surface area contributed by atoms with Crippen molar-refractivity contribution in [3.8, 4) is 0 Å². The van der Waals surface area contributed by atoms with Crippen LogP contribution in [0, 0.1) is 6.92 Å². The monoisotopic (exact) mass is 189 g/mol. The number of carbonyl (C=O) groups is 1. The minimum atomic E-state index is -0.434. The van der Waals surface area contributed by atoms with Crippen LogP contribution in [-0.4, -0.2) is 34.6 Å². The van der Waals surface area contributed by atoms with Gasteiger partial charge in [-0.2, -0.15) is 0 Å². The van der Waals surface area contributed by atoms with Crippen molar-refractivity contribution in [2.45, 2.75) is 6.92 Å². The molecule has 0 N–H and O–H groups in total. The predicted octanol–water partition coefficient (Wildman–Crippen LogP) is 0.162. The zero-order valence-electron chi connectivity index (χ0n) is 7.89. The van der Waals surface area contributed by atoms with E-state index in [1.165, 1.54) is 7.11 Å². The Morgan fingerprint density at radius 3 is 3.14 bits per heavy atom. The summed E-state index contributed by atoms with van der Waals surface area (Å²) in [6, 6.07) is 1.64. The van der Waals surface area contributed by atoms with E-state index < -0.39 is 5.97 Å². The molecule has 14 heavy (non-hydrogen) atoms. The molecule has 2 rings (SSSR count). The molecule has 2 heterocycles. The second-order valence-electron chi connectivity index (χ2n) is 2.88. The quantitative estimate of drug-likeness (QED) is 0.599. The zero-order chi connectivity index (χ0) is 10.1. The first kappa shape index (κ1) is 8.86. The topological polar surface area (TPSA) is 56.5 Å². The Labute approximate surface area is 81.0 Å². The third-order valence-electron chi connectivity index (χ3n) is 1.93. The van der Waals surface area contributed by atoms with Crippen LogP contribution in [0.15, 0.2) is 12.0 Å². The zero-order valence-corrected chi connectivity index (χ0v) is 7.89. The molecule has 6 heteroatoms. The van der Waals surface area contributed by atoms with Crippen LogP contribution in [0.3, 0.4) is 0 Å². The van der Waals surface area contributed by atoms with E-state index in [9.17, 15) is 4.79 Å². The van der Waals surface area contributed by atoms with E-state index >= 15 is 0 Å². The number of fused-ring (bicyclic) bond motifs is 1. The van der Waals surface area contributed by atoms with Crippen molar-refractivity contribution >= 4 is 18.7 Å². The van der Waals surface area contributed by atoms with E-state index in [0.29, 0.717) is 11.3 Å². The fourth-order valence-electron chi connectivity index (χ4n) is 1.28. The van der Waals surface area contributed by atoms with E-state index in [0.717, 1.165) is 5.69 Å². The molecule has 0 saturated heterocycles. The van der Waals surface area contributed by atoms with Gasteiger partial charge < -0.3 is 0 Å². The summed E-state index contributed by atoms with van der Waals surface area (Å²) in [6.07, 6.45) is 0. The molecule has 70 valence electrons. The van der Waals surface area contributed by atoms with Crippen molar-refractivity contribution in [1.82, 2.24) is 14.5 Å². The molecule has 0 saturated carbocycles. The minimum absolute atomic E-state index is 0.304. The van der Waals surface area contributed by atoms with Gasteiger partial charge in [0.15, 0.2) is 0 Å². The molecule has 0 unspecified atom stereocenters. The van der Waals surface area contributed by atoms with Crippen LogP contribution in [0.2, 0.25) is 0 Å². The molecule has 0 aliphatic rings. The van der Waals surface area contributed by atoms with E-state index in [2.05, 4.69) is 14.7 Å². The predicted molar refractivity (Wildman–Crippen MR) is 50.4 cm³/mol. The van der Waals surface area contributed by atoms with Gasteiger partial charge in [-0.1, -0.05) is 0 Å². The van der Waals surface area contributed by atoms with Gasteiger partial charge in [0.2, 0.25) is 0 Å². The Bertz CT molecular complexity index is 494. The normalized spacial score (nSPS) is 10.1. The number of hydrogen-bond donors (Lipinski definition) is 0. The van der Waals surface area contributed by atoms with Crippen LogP contribution < -0.4 is 0 Å². The third kappa shape index (κ3) is 1.28. The summed E-state index contributed by atoms with van der Waals surface area (Å²) in [7, 11) is 2.97. The average Bonchev–Trinajstić information content (AvgIpc) is 2.64. The van der Waals surface area contributed by atoms with Gasteiger partial charge >= 0.3 is 80.2 Å². The van der Waals surface area contributed by atoms with Crippen LogP contribution in [0.4, 0.5) is 0 Å². The SMILES string of the molecule is COC(=O)c1cc(C)n2nbcc2n1. The van der Waals surface area contributed by atoms with Gasteiger partial charge in [0.1, 0.15) is 0 Å². The first-order valence-electron chi connectivity index (χ1n) is 4.12. The number of methoxy groups -OCH3 is 1. The van der Waals surface area contributed by atoms with Gasteiger partial charge in [0.25, 0.3) is 0 Å². The standard InChI is InChI=1S/C8H8BN3O2/c1-5-3-6(8(13)14-2)10-7-4-9-11-12(5)7/h3-4H,1-2H3. The Hall–Kier alpha value is -1.72. The molecular weight excluding hydrogens is 181 g/mol. The van der Waals surface area contributed by atoms with Crippen LogP contribution in [-0.2, 0) is 4.74 Å². The Morgan fingerprint density at radius 2 is 2.43 bits per heavy atom. The van der Waals surface area contributed by atoms with Crippen LogP contribution in [0.25, 0.3) is 5.65 Å². The van der Waals surface area contributed by atoms with Crippen LogP contribution >= 0.6 is 0 Å². The van der Waals surface area contributed by atoms with Crippen molar-refractivity contribution in [3.05, 3.63) is 23.4 Å². The van der Waals surface area contributed by atoms with Gasteiger partial charge in [-0.25, -0.2) is 0 Å². The summed E-state index contributed by atoms with van der Waals surface area (Å²) < 4.78 is 6.24. The van der Waals surface area contributed by atoms with Crippen molar-refractivity contribution in [3.63, 3.8) is 0 Å². The summed E-state index contributed by atoms with van der Waals surface area (Å²) in [5.41, 5.74) is 1.80. The molecule has 0 aliphatic heterocycles. The molecule has 0 fully saturated rings. The van der Waals surface area contributed by atoms with Crippen molar-refractivity contribution in [1.29, 1.82) is 0 Å². The molecule has 0 bridgehead atoms. The molecule has 0 aromatic carbocycles. The van der Waals surface area contributed by atoms with E-state index in [-0.39, 0.29) is 0 Å². The van der Waals surface area contributed by atoms with E-state index in [1.54, 1.807) is 23.6 Å². The number of hydrogen-bond acceptors (Lipinski definition) is 4. The first-order chi connectivity index (χ1) is 6.72. The van der Waals surface area contributed by atoms with Crippen molar-refractivity contribution in [2.75, 3.05) is 7.11 Å². The van der Waals surface area contributed by atoms with Crippen molar-refractivity contribution in [2.24, 2.45) is 0 Å². The molecular formula is C8H8BN3O2. The van der Waals surface area contributed by atoms with Crippen LogP contribution in [0.1, 0.15) is 16.2 Å². The van der Waals surface area contributed by atoms with Gasteiger partial charge in [-0.3, -0.25) is 0 Å². The molecule has 5 nitrogen and oxygen atoms in total. The maximum absolute atomic E-state index is 11.2. The summed E-state index contributed by atoms with van der Waals surface area (Å²) in [5.74, 6) is 1.30. The molecule has 0 atom stereocenters. The molecule has 0 spiro atoms. The summed E-state index contributed by atoms with van der Waals surface area (Å²) >= 11 is 0. The fraction of sp³-hybridized carbons (Fsp3) is 0.250. The number of rotatable bonds is 1. The van der Waals surface area contributed by atoms with Gasteiger partial charge in [-0.15, -0.1) is 0 Å². The second-order valence-corrected chi connectivity index (χ2v) is 2.88. The van der Waals surface area contributed by atoms with Gasteiger partial charge in [0.05, 0.1) is 0 Å². The second kappa shape index (κ2) is 3.21. The summed E-state index contributed by atoms with van der Waals surface area (Å²) in [6.45, 7) is 1.86. The number of aromatic nitrogens is 3. The number of ether oxygens (including phenoxy) is 1.